The predicted molar refractivity (Wildman–Crippen MR) is 116 cm³/mol. The van der Waals surface area contributed by atoms with Gasteiger partial charge in [-0.1, -0.05) is 23.8 Å². The lowest BCUT2D eigenvalue weighted by Crippen LogP contribution is -2.18. The zero-order valence-electron chi connectivity index (χ0n) is 16.6. The van der Waals surface area contributed by atoms with Gasteiger partial charge in [0.15, 0.2) is 0 Å². The van der Waals surface area contributed by atoms with Crippen LogP contribution in [-0.4, -0.2) is 28.0 Å². The zero-order valence-corrected chi connectivity index (χ0v) is 18.2. The van der Waals surface area contributed by atoms with Crippen molar-refractivity contribution >= 4 is 32.0 Å². The summed E-state index contributed by atoms with van der Waals surface area (Å²) in [6.07, 6.45) is 1.24. The molecule has 10 nitrogen and oxygen atoms in total. The van der Waals surface area contributed by atoms with E-state index in [1.807, 2.05) is 6.92 Å². The van der Waals surface area contributed by atoms with Crippen molar-refractivity contribution < 1.29 is 25.9 Å². The Labute approximate surface area is 184 Å². The SMILES string of the molecule is Cc1ccc(S(=O)(=O)N/N=C/c2ccc(OS(=O)(=O)c3cccc([N+](=O)[O-])c3)cc2)cc1. The fourth-order valence-electron chi connectivity index (χ4n) is 2.48. The van der Waals surface area contributed by atoms with Crippen LogP contribution in [0, 0.1) is 17.0 Å². The Kier molecular flexibility index (Phi) is 6.55. The number of hydrogen-bond acceptors (Lipinski definition) is 8. The lowest BCUT2D eigenvalue weighted by atomic mass is 10.2. The van der Waals surface area contributed by atoms with Crippen molar-refractivity contribution in [3.63, 3.8) is 0 Å². The van der Waals surface area contributed by atoms with Gasteiger partial charge < -0.3 is 4.18 Å². The van der Waals surface area contributed by atoms with E-state index in [0.29, 0.717) is 5.56 Å². The zero-order chi connectivity index (χ0) is 23.4. The number of nitro benzene ring substituents is 1. The van der Waals surface area contributed by atoms with E-state index in [1.54, 1.807) is 12.1 Å². The van der Waals surface area contributed by atoms with Gasteiger partial charge in [-0.25, -0.2) is 4.83 Å². The van der Waals surface area contributed by atoms with Gasteiger partial charge in [-0.05, 0) is 55.0 Å². The van der Waals surface area contributed by atoms with E-state index < -0.39 is 25.1 Å². The van der Waals surface area contributed by atoms with Crippen LogP contribution in [0.4, 0.5) is 5.69 Å². The van der Waals surface area contributed by atoms with Crippen molar-refractivity contribution in [3.8, 4) is 5.75 Å². The van der Waals surface area contributed by atoms with Crippen LogP contribution in [-0.2, 0) is 20.1 Å². The number of nitrogens with zero attached hydrogens (tertiary/aromatic N) is 2. The largest absolute Gasteiger partial charge is 0.379 e. The molecule has 0 bridgehead atoms. The summed E-state index contributed by atoms with van der Waals surface area (Å²) in [6.45, 7) is 1.84. The van der Waals surface area contributed by atoms with Crippen LogP contribution in [0.5, 0.6) is 5.75 Å². The number of hydrazone groups is 1. The molecule has 32 heavy (non-hydrogen) atoms. The second-order valence-electron chi connectivity index (χ2n) is 6.53. The number of non-ortho nitro benzene ring substituents is 1. The molecule has 0 saturated heterocycles. The molecule has 0 aromatic heterocycles. The highest BCUT2D eigenvalue weighted by Gasteiger charge is 2.20. The third-order valence-corrected chi connectivity index (χ3v) is 6.60. The Morgan fingerprint density at radius 3 is 2.22 bits per heavy atom. The number of nitrogens with one attached hydrogen (secondary N) is 1. The van der Waals surface area contributed by atoms with E-state index >= 15 is 0 Å². The van der Waals surface area contributed by atoms with Crippen LogP contribution < -0.4 is 9.01 Å². The second-order valence-corrected chi connectivity index (χ2v) is 9.73. The van der Waals surface area contributed by atoms with Gasteiger partial charge in [0.05, 0.1) is 16.0 Å². The van der Waals surface area contributed by atoms with E-state index in [9.17, 15) is 26.9 Å². The second kappa shape index (κ2) is 9.16. The van der Waals surface area contributed by atoms with Gasteiger partial charge in [0.1, 0.15) is 10.6 Å². The Morgan fingerprint density at radius 2 is 1.59 bits per heavy atom. The molecule has 0 fully saturated rings. The Bertz CT molecular complexity index is 1370. The fourth-order valence-corrected chi connectivity index (χ4v) is 4.24. The first kappa shape index (κ1) is 22.9. The molecular weight excluding hydrogens is 458 g/mol. The van der Waals surface area contributed by atoms with Gasteiger partial charge in [-0.2, -0.15) is 21.9 Å². The molecule has 0 saturated carbocycles. The third-order valence-electron chi connectivity index (χ3n) is 4.12. The molecule has 166 valence electrons. The standard InChI is InChI=1S/C20H17N3O7S2/c1-15-5-11-19(12-6-15)31(26,27)22-21-14-16-7-9-18(10-8-16)30-32(28,29)20-4-2-3-17(13-20)23(24)25/h2-14,22H,1H3/b21-14+. The molecule has 0 atom stereocenters. The van der Waals surface area contributed by atoms with E-state index in [-0.39, 0.29) is 21.2 Å². The van der Waals surface area contributed by atoms with Crippen LogP contribution in [0.15, 0.2) is 87.7 Å². The minimum absolute atomic E-state index is 0.0334. The van der Waals surface area contributed by atoms with Crippen LogP contribution in [0.25, 0.3) is 0 Å². The Balaban J connectivity index is 1.68. The molecule has 0 radical (unpaired) electrons. The van der Waals surface area contributed by atoms with Gasteiger partial charge in [-0.3, -0.25) is 10.1 Å². The predicted octanol–water partition coefficient (Wildman–Crippen LogP) is 2.98. The summed E-state index contributed by atoms with van der Waals surface area (Å²) < 4.78 is 54.1. The Hall–Kier alpha value is -3.77. The maximum atomic E-state index is 12.4. The highest BCUT2D eigenvalue weighted by Crippen LogP contribution is 2.22. The van der Waals surface area contributed by atoms with Crippen LogP contribution >= 0.6 is 0 Å². The van der Waals surface area contributed by atoms with Crippen LogP contribution in [0.1, 0.15) is 11.1 Å². The molecule has 0 amide bonds. The summed E-state index contributed by atoms with van der Waals surface area (Å²) >= 11 is 0. The molecular formula is C20H17N3O7S2. The maximum absolute atomic E-state index is 12.4. The highest BCUT2D eigenvalue weighted by atomic mass is 32.2. The number of nitro groups is 1. The van der Waals surface area contributed by atoms with Gasteiger partial charge in [0, 0.05) is 12.1 Å². The van der Waals surface area contributed by atoms with E-state index in [0.717, 1.165) is 11.6 Å². The number of aryl methyl sites for hydroxylation is 1. The van der Waals surface area contributed by atoms with Crippen molar-refractivity contribution in [2.24, 2.45) is 5.10 Å². The summed E-state index contributed by atoms with van der Waals surface area (Å²) in [7, 11) is -8.10. The number of hydrogen-bond donors (Lipinski definition) is 1. The van der Waals surface area contributed by atoms with Gasteiger partial charge in [0.25, 0.3) is 15.7 Å². The van der Waals surface area contributed by atoms with Crippen molar-refractivity contribution in [1.82, 2.24) is 4.83 Å². The van der Waals surface area contributed by atoms with E-state index in [1.165, 1.54) is 60.8 Å². The molecule has 0 aliphatic heterocycles. The normalized spacial score (nSPS) is 11.9. The van der Waals surface area contributed by atoms with Gasteiger partial charge >= 0.3 is 10.1 Å². The third kappa shape index (κ3) is 5.68. The highest BCUT2D eigenvalue weighted by molar-refractivity contribution is 7.89. The molecule has 3 rings (SSSR count). The molecule has 3 aromatic carbocycles. The lowest BCUT2D eigenvalue weighted by Gasteiger charge is -2.07. The molecule has 3 aromatic rings. The molecule has 0 aliphatic carbocycles. The van der Waals surface area contributed by atoms with Crippen molar-refractivity contribution in [1.29, 1.82) is 0 Å². The van der Waals surface area contributed by atoms with Crippen LogP contribution in [0.3, 0.4) is 0 Å². The summed E-state index contributed by atoms with van der Waals surface area (Å²) in [6, 6.07) is 16.3. The fraction of sp³-hybridized carbons (Fsp3) is 0.0500. The quantitative estimate of drug-likeness (QED) is 0.228. The van der Waals surface area contributed by atoms with Crippen molar-refractivity contribution in [2.45, 2.75) is 16.7 Å². The monoisotopic (exact) mass is 475 g/mol. The summed E-state index contributed by atoms with van der Waals surface area (Å²) in [5.41, 5.74) is 1.01. The van der Waals surface area contributed by atoms with Crippen molar-refractivity contribution in [2.75, 3.05) is 0 Å². The summed E-state index contributed by atoms with van der Waals surface area (Å²) in [5, 5.41) is 14.5. The molecule has 1 N–H and O–H groups in total. The van der Waals surface area contributed by atoms with Crippen molar-refractivity contribution in [3.05, 3.63) is 94.0 Å². The first-order chi connectivity index (χ1) is 15.1. The summed E-state index contributed by atoms with van der Waals surface area (Å²) in [5.74, 6) is -0.0334. The molecule has 12 heteroatoms. The molecule has 0 unspecified atom stereocenters. The molecule has 0 spiro atoms. The molecule has 0 heterocycles. The topological polar surface area (TPSA) is 145 Å². The molecule has 0 aliphatic rings. The average Bonchev–Trinajstić information content (AvgIpc) is 2.75. The van der Waals surface area contributed by atoms with Gasteiger partial charge in [0.2, 0.25) is 0 Å². The number of rotatable bonds is 8. The van der Waals surface area contributed by atoms with Gasteiger partial charge in [-0.15, -0.1) is 0 Å². The number of benzene rings is 3. The number of sulfonamides is 1. The first-order valence-electron chi connectivity index (χ1n) is 8.97. The first-order valence-corrected chi connectivity index (χ1v) is 11.9. The minimum atomic E-state index is -4.28. The lowest BCUT2D eigenvalue weighted by molar-refractivity contribution is -0.385. The van der Waals surface area contributed by atoms with Crippen LogP contribution in [0.2, 0.25) is 0 Å². The summed E-state index contributed by atoms with van der Waals surface area (Å²) in [4.78, 5) is 11.9. The average molecular weight is 476 g/mol. The Morgan fingerprint density at radius 1 is 0.938 bits per heavy atom. The smallest absolute Gasteiger partial charge is 0.339 e. The van der Waals surface area contributed by atoms with E-state index in [4.69, 9.17) is 4.18 Å². The minimum Gasteiger partial charge on any atom is -0.379 e. The maximum Gasteiger partial charge on any atom is 0.339 e. The van der Waals surface area contributed by atoms with E-state index in [2.05, 4.69) is 9.93 Å².